The average molecular weight is 263 g/mol. The fourth-order valence-corrected chi connectivity index (χ4v) is 1.86. The molecule has 0 heterocycles. The molecule has 0 aliphatic heterocycles. The fourth-order valence-electron chi connectivity index (χ4n) is 1.86. The van der Waals surface area contributed by atoms with Gasteiger partial charge in [-0.1, -0.05) is 44.5 Å². The van der Waals surface area contributed by atoms with E-state index >= 15 is 0 Å². The minimum absolute atomic E-state index is 0.271. The number of nitrogens with two attached hydrogens (primary N) is 1. The van der Waals surface area contributed by atoms with Crippen LogP contribution in [-0.2, 0) is 6.42 Å². The molecule has 4 heteroatoms. The summed E-state index contributed by atoms with van der Waals surface area (Å²) in [6.45, 7) is 6.90. The van der Waals surface area contributed by atoms with Crippen molar-refractivity contribution in [3.8, 4) is 0 Å². The first-order valence-electron chi connectivity index (χ1n) is 6.80. The molecule has 0 aliphatic rings. The second-order valence-electron chi connectivity index (χ2n) is 5.49. The van der Waals surface area contributed by atoms with Crippen molar-refractivity contribution in [1.82, 2.24) is 0 Å². The van der Waals surface area contributed by atoms with Crippen molar-refractivity contribution in [3.05, 3.63) is 29.8 Å². The number of aryl methyl sites for hydroxylation is 1. The van der Waals surface area contributed by atoms with E-state index in [1.54, 1.807) is 0 Å². The highest BCUT2D eigenvalue weighted by molar-refractivity contribution is 5.85. The lowest BCUT2D eigenvalue weighted by Crippen LogP contribution is -2.33. The maximum absolute atomic E-state index is 8.71. The molecule has 0 spiro atoms. The van der Waals surface area contributed by atoms with E-state index in [0.29, 0.717) is 0 Å². The topological polar surface area (TPSA) is 70.6 Å². The average Bonchev–Trinajstić information content (AvgIpc) is 2.40. The summed E-state index contributed by atoms with van der Waals surface area (Å²) in [5.74, 6) is 0.271. The minimum Gasteiger partial charge on any atom is -0.409 e. The summed E-state index contributed by atoms with van der Waals surface area (Å²) < 4.78 is 0. The van der Waals surface area contributed by atoms with E-state index in [0.717, 1.165) is 25.1 Å². The first-order chi connectivity index (χ1) is 8.99. The minimum atomic E-state index is -0.302. The second kappa shape index (κ2) is 7.02. The molecule has 0 aromatic heterocycles. The molecule has 4 N–H and O–H groups in total. The molecule has 1 rings (SSSR count). The normalized spacial score (nSPS) is 12.5. The van der Waals surface area contributed by atoms with Crippen LogP contribution in [-0.4, -0.2) is 17.6 Å². The van der Waals surface area contributed by atoms with Gasteiger partial charge in [0.1, 0.15) is 5.84 Å². The largest absolute Gasteiger partial charge is 0.409 e. The van der Waals surface area contributed by atoms with Gasteiger partial charge in [0.25, 0.3) is 0 Å². The van der Waals surface area contributed by atoms with Crippen molar-refractivity contribution in [2.75, 3.05) is 11.9 Å². The summed E-state index contributed by atoms with van der Waals surface area (Å²) in [5, 5.41) is 15.2. The number of hydrogen-bond acceptors (Lipinski definition) is 3. The Kier molecular flexibility index (Phi) is 5.67. The molecule has 0 fully saturated rings. The Labute approximate surface area is 115 Å². The van der Waals surface area contributed by atoms with E-state index in [4.69, 9.17) is 10.9 Å². The van der Waals surface area contributed by atoms with Crippen LogP contribution in [0.15, 0.2) is 29.4 Å². The quantitative estimate of drug-likeness (QED) is 0.306. The molecule has 1 aromatic rings. The molecule has 4 nitrogen and oxygen atoms in total. The predicted molar refractivity (Wildman–Crippen MR) is 80.7 cm³/mol. The Hall–Kier alpha value is -1.71. The van der Waals surface area contributed by atoms with Crippen molar-refractivity contribution in [3.63, 3.8) is 0 Å². The Morgan fingerprint density at radius 1 is 1.32 bits per heavy atom. The molecule has 0 bridgehead atoms. The predicted octanol–water partition coefficient (Wildman–Crippen LogP) is 3.21. The number of anilines is 1. The lowest BCUT2D eigenvalue weighted by Gasteiger charge is -2.23. The molecular weight excluding hydrogens is 238 g/mol. The Morgan fingerprint density at radius 3 is 2.47 bits per heavy atom. The number of hydrogen-bond donors (Lipinski definition) is 3. The van der Waals surface area contributed by atoms with Gasteiger partial charge in [-0.2, -0.15) is 0 Å². The summed E-state index contributed by atoms with van der Waals surface area (Å²) in [5.41, 5.74) is 7.83. The van der Waals surface area contributed by atoms with E-state index in [2.05, 4.69) is 41.7 Å². The fraction of sp³-hybridized carbons (Fsp3) is 0.533. The van der Waals surface area contributed by atoms with Crippen LogP contribution in [0.25, 0.3) is 0 Å². The summed E-state index contributed by atoms with van der Waals surface area (Å²) in [7, 11) is 0. The van der Waals surface area contributed by atoms with Gasteiger partial charge in [0, 0.05) is 17.6 Å². The SMILES string of the molecule is CCCc1ccc(NCCC(C)(C)C(N)=NO)cc1. The third-order valence-corrected chi connectivity index (χ3v) is 3.37. The first-order valence-corrected chi connectivity index (χ1v) is 6.80. The number of nitrogens with one attached hydrogen (secondary N) is 1. The van der Waals surface area contributed by atoms with Crippen LogP contribution in [0.5, 0.6) is 0 Å². The van der Waals surface area contributed by atoms with Gasteiger partial charge < -0.3 is 16.3 Å². The molecule has 0 saturated carbocycles. The monoisotopic (exact) mass is 263 g/mol. The Balaban J connectivity index is 2.45. The number of rotatable bonds is 7. The number of benzene rings is 1. The van der Waals surface area contributed by atoms with Crippen LogP contribution < -0.4 is 11.1 Å². The summed E-state index contributed by atoms with van der Waals surface area (Å²) in [6, 6.07) is 8.50. The molecule has 0 unspecified atom stereocenters. The highest BCUT2D eigenvalue weighted by Gasteiger charge is 2.22. The number of oxime groups is 1. The summed E-state index contributed by atoms with van der Waals surface area (Å²) >= 11 is 0. The van der Waals surface area contributed by atoms with Gasteiger partial charge in [-0.15, -0.1) is 0 Å². The van der Waals surface area contributed by atoms with Gasteiger partial charge in [0.05, 0.1) is 0 Å². The molecule has 19 heavy (non-hydrogen) atoms. The van der Waals surface area contributed by atoms with Gasteiger partial charge in [-0.25, -0.2) is 0 Å². The van der Waals surface area contributed by atoms with E-state index in [-0.39, 0.29) is 11.3 Å². The maximum atomic E-state index is 8.71. The van der Waals surface area contributed by atoms with Crippen LogP contribution in [0, 0.1) is 5.41 Å². The molecule has 0 saturated heterocycles. The standard InChI is InChI=1S/C15H25N3O/c1-4-5-12-6-8-13(9-7-12)17-11-10-15(2,3)14(16)18-19/h6-9,17,19H,4-5,10-11H2,1-3H3,(H2,16,18). The lowest BCUT2D eigenvalue weighted by atomic mass is 9.88. The van der Waals surface area contributed by atoms with Crippen LogP contribution in [0.2, 0.25) is 0 Å². The van der Waals surface area contributed by atoms with Crippen LogP contribution in [0.3, 0.4) is 0 Å². The summed E-state index contributed by atoms with van der Waals surface area (Å²) in [6.07, 6.45) is 3.09. The van der Waals surface area contributed by atoms with Gasteiger partial charge in [-0.3, -0.25) is 0 Å². The van der Waals surface area contributed by atoms with Gasteiger partial charge in [0.2, 0.25) is 0 Å². The highest BCUT2D eigenvalue weighted by Crippen LogP contribution is 2.20. The van der Waals surface area contributed by atoms with Crippen molar-refractivity contribution < 1.29 is 5.21 Å². The smallest absolute Gasteiger partial charge is 0.144 e. The Morgan fingerprint density at radius 2 is 1.95 bits per heavy atom. The van der Waals surface area contributed by atoms with Crippen LogP contribution >= 0.6 is 0 Å². The molecule has 106 valence electrons. The van der Waals surface area contributed by atoms with Gasteiger partial charge in [-0.05, 0) is 30.5 Å². The van der Waals surface area contributed by atoms with Gasteiger partial charge >= 0.3 is 0 Å². The van der Waals surface area contributed by atoms with E-state index in [1.807, 2.05) is 13.8 Å². The second-order valence-corrected chi connectivity index (χ2v) is 5.49. The first kappa shape index (κ1) is 15.3. The third kappa shape index (κ3) is 4.81. The van der Waals surface area contributed by atoms with Crippen molar-refractivity contribution in [2.24, 2.45) is 16.3 Å². The molecule has 0 amide bonds. The molecule has 0 atom stereocenters. The van der Waals surface area contributed by atoms with E-state index in [1.165, 1.54) is 12.0 Å². The van der Waals surface area contributed by atoms with E-state index < -0.39 is 0 Å². The van der Waals surface area contributed by atoms with Crippen LogP contribution in [0.4, 0.5) is 5.69 Å². The molecule has 1 aromatic carbocycles. The highest BCUT2D eigenvalue weighted by atomic mass is 16.4. The number of amidine groups is 1. The van der Waals surface area contributed by atoms with Crippen molar-refractivity contribution >= 4 is 11.5 Å². The van der Waals surface area contributed by atoms with Crippen molar-refractivity contribution in [1.29, 1.82) is 0 Å². The van der Waals surface area contributed by atoms with Gasteiger partial charge in [0.15, 0.2) is 0 Å². The summed E-state index contributed by atoms with van der Waals surface area (Å²) in [4.78, 5) is 0. The number of nitrogens with zero attached hydrogens (tertiary/aromatic N) is 1. The molecule has 0 aliphatic carbocycles. The third-order valence-electron chi connectivity index (χ3n) is 3.37. The zero-order valence-corrected chi connectivity index (χ0v) is 12.1. The Bertz CT molecular complexity index is 410. The van der Waals surface area contributed by atoms with E-state index in [9.17, 15) is 0 Å². The molecular formula is C15H25N3O. The molecule has 0 radical (unpaired) electrons. The van der Waals surface area contributed by atoms with Crippen molar-refractivity contribution in [2.45, 2.75) is 40.0 Å². The lowest BCUT2D eigenvalue weighted by molar-refractivity contribution is 0.306. The van der Waals surface area contributed by atoms with Crippen LogP contribution in [0.1, 0.15) is 39.2 Å². The maximum Gasteiger partial charge on any atom is 0.144 e. The zero-order valence-electron chi connectivity index (χ0n) is 12.1. The zero-order chi connectivity index (χ0) is 14.3.